The van der Waals surface area contributed by atoms with Gasteiger partial charge in [0.2, 0.25) is 0 Å². The summed E-state index contributed by atoms with van der Waals surface area (Å²) in [5.74, 6) is -0.467. The van der Waals surface area contributed by atoms with Crippen LogP contribution in [-0.2, 0) is 9.13 Å². The molecule has 0 aromatic rings. The van der Waals surface area contributed by atoms with Gasteiger partial charge in [0.05, 0.1) is 0 Å². The zero-order valence-electron chi connectivity index (χ0n) is 10.6. The van der Waals surface area contributed by atoms with Crippen LogP contribution in [0.5, 0.6) is 0 Å². The highest BCUT2D eigenvalue weighted by Crippen LogP contribution is 2.69. The van der Waals surface area contributed by atoms with Gasteiger partial charge < -0.3 is 30.0 Å². The quantitative estimate of drug-likeness (QED) is 0.393. The average Bonchev–Trinajstić information content (AvgIpc) is 2.27. The van der Waals surface area contributed by atoms with Gasteiger partial charge in [-0.25, -0.2) is 0 Å². The molecule has 1 fully saturated rings. The molecule has 0 amide bonds. The van der Waals surface area contributed by atoms with E-state index in [1.165, 1.54) is 0 Å². The third-order valence-corrected chi connectivity index (χ3v) is 7.36. The summed E-state index contributed by atoms with van der Waals surface area (Å²) in [5, 5.41) is 9.65. The van der Waals surface area contributed by atoms with Gasteiger partial charge in [-0.05, 0) is 25.3 Å². The summed E-state index contributed by atoms with van der Waals surface area (Å²) in [6, 6.07) is -0.113. The maximum Gasteiger partial charge on any atom is 0.369 e. The minimum Gasteiger partial charge on any atom is -0.368 e. The lowest BCUT2D eigenvalue weighted by atomic mass is 9.91. The summed E-state index contributed by atoms with van der Waals surface area (Å²) >= 11 is 0. The van der Waals surface area contributed by atoms with E-state index in [0.29, 0.717) is 0 Å². The van der Waals surface area contributed by atoms with Crippen molar-refractivity contribution in [2.45, 2.75) is 43.7 Å². The summed E-state index contributed by atoms with van der Waals surface area (Å²) in [4.78, 5) is 36.3. The molecule has 10 heteroatoms. The fourth-order valence-corrected chi connectivity index (χ4v) is 4.76. The van der Waals surface area contributed by atoms with Gasteiger partial charge in [-0.3, -0.25) is 9.13 Å². The van der Waals surface area contributed by atoms with E-state index in [-0.39, 0.29) is 6.04 Å². The molecule has 8 nitrogen and oxygen atoms in total. The summed E-state index contributed by atoms with van der Waals surface area (Å²) in [6.45, 7) is 2.36. The first-order valence-electron chi connectivity index (χ1n) is 6.06. The fourth-order valence-electron chi connectivity index (χ4n) is 2.35. The highest BCUT2D eigenvalue weighted by atomic mass is 31.2. The molecule has 19 heavy (non-hydrogen) atoms. The van der Waals surface area contributed by atoms with Crippen molar-refractivity contribution in [1.82, 2.24) is 5.32 Å². The monoisotopic (exact) mass is 317 g/mol. The molecule has 0 aliphatic carbocycles. The van der Waals surface area contributed by atoms with E-state index < -0.39 is 32.6 Å². The molecule has 2 atom stereocenters. The maximum atomic E-state index is 11.2. The number of nitrogens with one attached hydrogen (secondary N) is 1. The largest absolute Gasteiger partial charge is 0.369 e. The van der Waals surface area contributed by atoms with Gasteiger partial charge in [0.25, 0.3) is 5.08 Å². The van der Waals surface area contributed by atoms with Gasteiger partial charge in [-0.2, -0.15) is 0 Å². The van der Waals surface area contributed by atoms with Gasteiger partial charge in [0.15, 0.2) is 0 Å². The van der Waals surface area contributed by atoms with E-state index in [0.717, 1.165) is 25.8 Å². The molecule has 0 aromatic heterocycles. The van der Waals surface area contributed by atoms with Crippen molar-refractivity contribution in [2.75, 3.05) is 6.54 Å². The summed E-state index contributed by atoms with van der Waals surface area (Å²) in [5.41, 5.74) is 0. The third kappa shape index (κ3) is 3.86. The standard InChI is InChI=1S/C9H21NO7P2/c1-7(8-4-2-3-5-10-8)6-9(11,18(12,13)14)19(15,16)17/h7-8,10-11H,2-6H2,1H3,(H2,12,13,14)(H2,15,16,17). The zero-order chi connectivity index (χ0) is 14.9. The fraction of sp³-hybridized carbons (Fsp3) is 1.00. The molecule has 0 bridgehead atoms. The Morgan fingerprint density at radius 1 is 1.21 bits per heavy atom. The summed E-state index contributed by atoms with van der Waals surface area (Å²) in [7, 11) is -10.7. The summed E-state index contributed by atoms with van der Waals surface area (Å²) < 4.78 is 22.5. The average molecular weight is 317 g/mol. The Labute approximate surface area is 111 Å². The first-order valence-corrected chi connectivity index (χ1v) is 9.28. The predicted octanol–water partition coefficient (Wildman–Crippen LogP) is 0.156. The molecule has 1 saturated heterocycles. The van der Waals surface area contributed by atoms with Crippen LogP contribution in [0.3, 0.4) is 0 Å². The topological polar surface area (TPSA) is 147 Å². The van der Waals surface area contributed by atoms with Gasteiger partial charge in [-0.15, -0.1) is 0 Å². The van der Waals surface area contributed by atoms with Gasteiger partial charge in [0, 0.05) is 12.5 Å². The third-order valence-electron chi connectivity index (χ3n) is 3.56. The minimum atomic E-state index is -5.35. The molecule has 1 heterocycles. The second-order valence-electron chi connectivity index (χ2n) is 5.10. The van der Waals surface area contributed by atoms with Crippen molar-refractivity contribution in [2.24, 2.45) is 5.92 Å². The lowest BCUT2D eigenvalue weighted by molar-refractivity contribution is 0.0990. The van der Waals surface area contributed by atoms with Gasteiger partial charge >= 0.3 is 15.2 Å². The molecule has 1 rings (SSSR count). The Hall–Kier alpha value is 0.220. The maximum absolute atomic E-state index is 11.2. The zero-order valence-corrected chi connectivity index (χ0v) is 12.4. The molecule has 2 unspecified atom stereocenters. The number of hydrogen-bond acceptors (Lipinski definition) is 4. The minimum absolute atomic E-state index is 0.113. The lowest BCUT2D eigenvalue weighted by Crippen LogP contribution is -2.42. The second kappa shape index (κ2) is 5.92. The van der Waals surface area contributed by atoms with Crippen molar-refractivity contribution in [3.05, 3.63) is 0 Å². The smallest absolute Gasteiger partial charge is 0.368 e. The number of rotatable bonds is 5. The normalized spacial score (nSPS) is 24.2. The van der Waals surface area contributed by atoms with Crippen LogP contribution in [0.4, 0.5) is 0 Å². The van der Waals surface area contributed by atoms with Crippen LogP contribution in [-0.4, -0.2) is 42.3 Å². The van der Waals surface area contributed by atoms with E-state index in [1.54, 1.807) is 6.92 Å². The lowest BCUT2D eigenvalue weighted by Gasteiger charge is -2.35. The molecule has 0 aromatic carbocycles. The summed E-state index contributed by atoms with van der Waals surface area (Å²) in [6.07, 6.45) is 2.02. The molecule has 6 N–H and O–H groups in total. The number of aliphatic hydroxyl groups is 1. The molecule has 114 valence electrons. The van der Waals surface area contributed by atoms with Crippen LogP contribution in [0.1, 0.15) is 32.6 Å². The Morgan fingerprint density at radius 2 is 1.74 bits per heavy atom. The van der Waals surface area contributed by atoms with E-state index in [1.807, 2.05) is 0 Å². The van der Waals surface area contributed by atoms with Crippen molar-refractivity contribution < 1.29 is 33.8 Å². The Morgan fingerprint density at radius 3 is 2.11 bits per heavy atom. The molecule has 0 radical (unpaired) electrons. The van der Waals surface area contributed by atoms with Crippen LogP contribution in [0.15, 0.2) is 0 Å². The molecule has 1 aliphatic rings. The number of hydrogen-bond donors (Lipinski definition) is 6. The first kappa shape index (κ1) is 17.3. The highest BCUT2D eigenvalue weighted by Gasteiger charge is 2.60. The molecular formula is C9H21NO7P2. The molecule has 1 aliphatic heterocycles. The SMILES string of the molecule is CC(CC(O)(P(=O)(O)O)P(=O)(O)O)C1CCCCN1. The predicted molar refractivity (Wildman–Crippen MR) is 68.5 cm³/mol. The van der Waals surface area contributed by atoms with E-state index in [2.05, 4.69) is 5.32 Å². The van der Waals surface area contributed by atoms with Gasteiger partial charge in [-0.1, -0.05) is 13.3 Å². The van der Waals surface area contributed by atoms with Crippen molar-refractivity contribution in [3.63, 3.8) is 0 Å². The second-order valence-corrected chi connectivity index (χ2v) is 9.11. The van der Waals surface area contributed by atoms with Crippen LogP contribution in [0, 0.1) is 5.92 Å². The Balaban J connectivity index is 2.90. The Bertz CT molecular complexity index is 375. The Kier molecular flexibility index (Phi) is 5.38. The first-order chi connectivity index (χ1) is 8.49. The highest BCUT2D eigenvalue weighted by molar-refractivity contribution is 7.72. The van der Waals surface area contributed by atoms with E-state index in [4.69, 9.17) is 19.6 Å². The molecule has 0 saturated carbocycles. The van der Waals surface area contributed by atoms with Crippen molar-refractivity contribution in [1.29, 1.82) is 0 Å². The van der Waals surface area contributed by atoms with Crippen LogP contribution < -0.4 is 5.32 Å². The number of piperidine rings is 1. The van der Waals surface area contributed by atoms with Crippen molar-refractivity contribution >= 4 is 15.2 Å². The van der Waals surface area contributed by atoms with Crippen molar-refractivity contribution in [3.8, 4) is 0 Å². The van der Waals surface area contributed by atoms with Crippen LogP contribution in [0.2, 0.25) is 0 Å². The van der Waals surface area contributed by atoms with Gasteiger partial charge in [0.1, 0.15) is 0 Å². The van der Waals surface area contributed by atoms with Crippen LogP contribution in [0.25, 0.3) is 0 Å². The van der Waals surface area contributed by atoms with E-state index >= 15 is 0 Å². The van der Waals surface area contributed by atoms with Crippen LogP contribution >= 0.6 is 15.2 Å². The molecule has 0 spiro atoms. The van der Waals surface area contributed by atoms with E-state index in [9.17, 15) is 14.2 Å². The molecular weight excluding hydrogens is 296 g/mol.